The summed E-state index contributed by atoms with van der Waals surface area (Å²) >= 11 is 1.81. The smallest absolute Gasteiger partial charge is 0.367 e. The van der Waals surface area contributed by atoms with Gasteiger partial charge in [-0.05, 0) is 68.1 Å². The van der Waals surface area contributed by atoms with Crippen LogP contribution in [0.5, 0.6) is 0 Å². The van der Waals surface area contributed by atoms with Gasteiger partial charge in [-0.1, -0.05) is 6.92 Å². The van der Waals surface area contributed by atoms with Gasteiger partial charge in [0.15, 0.2) is 0 Å². The van der Waals surface area contributed by atoms with Gasteiger partial charge in [0.05, 0.1) is 22.6 Å². The Bertz CT molecular complexity index is 396. The lowest BCUT2D eigenvalue weighted by Gasteiger charge is -2.45. The Balaban J connectivity index is 1.66. The molecule has 3 heteroatoms. The summed E-state index contributed by atoms with van der Waals surface area (Å²) < 4.78 is 5.75. The third-order valence-corrected chi connectivity index (χ3v) is 7.00. The first kappa shape index (κ1) is 12.0. The first-order valence-electron chi connectivity index (χ1n) is 7.53. The largest absolute Gasteiger partial charge is 0.451 e. The van der Waals surface area contributed by atoms with Crippen molar-refractivity contribution in [2.24, 2.45) is 35.5 Å². The van der Waals surface area contributed by atoms with Gasteiger partial charge in [-0.2, -0.15) is 0 Å². The molecule has 4 rings (SSSR count). The van der Waals surface area contributed by atoms with Crippen molar-refractivity contribution in [3.8, 4) is 0 Å². The number of carbonyl (C=O) groups excluding carboxylic acids is 1. The molecule has 7 unspecified atom stereocenters. The van der Waals surface area contributed by atoms with Gasteiger partial charge in [0.25, 0.3) is 0 Å². The van der Waals surface area contributed by atoms with Crippen molar-refractivity contribution >= 4 is 26.6 Å². The number of rotatable bonds is 2. The number of carbonyl (C=O) groups is 1. The zero-order chi connectivity index (χ0) is 12.5. The molecule has 4 saturated carbocycles. The second kappa shape index (κ2) is 3.86. The average Bonchev–Trinajstić information content (AvgIpc) is 3.05. The van der Waals surface area contributed by atoms with Gasteiger partial charge in [-0.15, -0.1) is 0 Å². The van der Waals surface area contributed by atoms with Crippen molar-refractivity contribution in [3.63, 3.8) is 0 Å². The van der Waals surface area contributed by atoms with E-state index in [-0.39, 0.29) is 9.58 Å². The Labute approximate surface area is 122 Å². The van der Waals surface area contributed by atoms with Gasteiger partial charge in [0, 0.05) is 5.92 Å². The van der Waals surface area contributed by atoms with Crippen LogP contribution in [0.3, 0.4) is 0 Å². The molecular weight excluding hydrogens is 339 g/mol. The van der Waals surface area contributed by atoms with Crippen molar-refractivity contribution in [2.45, 2.75) is 51.0 Å². The zero-order valence-corrected chi connectivity index (χ0v) is 13.1. The quantitative estimate of drug-likeness (QED) is 0.414. The number of halogens is 1. The maximum atomic E-state index is 11.5. The van der Waals surface area contributed by atoms with Gasteiger partial charge in [0.1, 0.15) is 5.60 Å². The summed E-state index contributed by atoms with van der Waals surface area (Å²) in [6.07, 6.45) is 7.95. The molecule has 0 radical (unpaired) electrons. The lowest BCUT2D eigenvalue weighted by Crippen LogP contribution is -2.46. The van der Waals surface area contributed by atoms with E-state index in [0.717, 1.165) is 42.4 Å². The number of fused-ring (bicyclic) bond motifs is 9. The second-order valence-electron chi connectivity index (χ2n) is 7.05. The molecule has 100 valence electrons. The lowest BCUT2D eigenvalue weighted by molar-refractivity contribution is -0.0647. The standard InChI is InChI=1S/C15H21IO2/c1-2-15(18-14(16)17)7-10-6-11(15)13-9-4-3-8(5-9)12(10)13/h8-13H,2-7H2,1H3. The van der Waals surface area contributed by atoms with Gasteiger partial charge in [-0.3, -0.25) is 0 Å². The zero-order valence-electron chi connectivity index (χ0n) is 10.9. The normalized spacial score (nSPS) is 55.9. The van der Waals surface area contributed by atoms with Crippen molar-refractivity contribution in [1.82, 2.24) is 0 Å². The monoisotopic (exact) mass is 360 g/mol. The maximum Gasteiger partial charge on any atom is 0.367 e. The van der Waals surface area contributed by atoms with E-state index in [1.165, 1.54) is 25.7 Å². The Hall–Kier alpha value is 0.200. The number of hydrogen-bond donors (Lipinski definition) is 0. The molecule has 0 spiro atoms. The molecule has 18 heavy (non-hydrogen) atoms. The summed E-state index contributed by atoms with van der Waals surface area (Å²) in [6, 6.07) is 0. The van der Waals surface area contributed by atoms with Crippen molar-refractivity contribution in [2.75, 3.05) is 0 Å². The highest BCUT2D eigenvalue weighted by Gasteiger charge is 2.67. The highest BCUT2D eigenvalue weighted by Crippen LogP contribution is 2.70. The summed E-state index contributed by atoms with van der Waals surface area (Å²) in [4.78, 5) is 11.5. The molecule has 4 aliphatic carbocycles. The van der Waals surface area contributed by atoms with Gasteiger partial charge < -0.3 is 4.74 Å². The molecule has 0 N–H and O–H groups in total. The van der Waals surface area contributed by atoms with E-state index >= 15 is 0 Å². The van der Waals surface area contributed by atoms with E-state index in [1.807, 2.05) is 22.6 Å². The van der Waals surface area contributed by atoms with Crippen LogP contribution in [0.25, 0.3) is 0 Å². The molecule has 0 saturated heterocycles. The first-order valence-corrected chi connectivity index (χ1v) is 8.61. The fourth-order valence-electron chi connectivity index (χ4n) is 6.45. The molecule has 0 aromatic carbocycles. The van der Waals surface area contributed by atoms with Crippen LogP contribution in [0.1, 0.15) is 45.4 Å². The molecule has 0 aromatic heterocycles. The maximum absolute atomic E-state index is 11.5. The third kappa shape index (κ3) is 1.37. The van der Waals surface area contributed by atoms with Crippen molar-refractivity contribution in [1.29, 1.82) is 0 Å². The Morgan fingerprint density at radius 3 is 2.61 bits per heavy atom. The Morgan fingerprint density at radius 2 is 1.94 bits per heavy atom. The molecule has 4 aliphatic rings. The van der Waals surface area contributed by atoms with Crippen LogP contribution in [-0.4, -0.2) is 9.58 Å². The van der Waals surface area contributed by atoms with Crippen molar-refractivity contribution < 1.29 is 9.53 Å². The molecule has 4 bridgehead atoms. The molecule has 4 fully saturated rings. The second-order valence-corrected chi connectivity index (χ2v) is 7.93. The first-order chi connectivity index (χ1) is 8.64. The fourth-order valence-corrected chi connectivity index (χ4v) is 6.89. The summed E-state index contributed by atoms with van der Waals surface area (Å²) in [7, 11) is 0. The molecule has 0 amide bonds. The summed E-state index contributed by atoms with van der Waals surface area (Å²) in [6.45, 7) is 2.21. The Morgan fingerprint density at radius 1 is 1.22 bits per heavy atom. The van der Waals surface area contributed by atoms with Crippen LogP contribution >= 0.6 is 22.6 Å². The highest BCUT2D eigenvalue weighted by atomic mass is 127. The highest BCUT2D eigenvalue weighted by molar-refractivity contribution is 14.1. The molecule has 2 nitrogen and oxygen atoms in total. The lowest BCUT2D eigenvalue weighted by atomic mass is 9.65. The van der Waals surface area contributed by atoms with Crippen LogP contribution in [0.2, 0.25) is 0 Å². The topological polar surface area (TPSA) is 26.3 Å². The van der Waals surface area contributed by atoms with E-state index in [4.69, 9.17) is 4.74 Å². The molecule has 0 aromatic rings. The number of hydrogen-bond acceptors (Lipinski definition) is 2. The van der Waals surface area contributed by atoms with Crippen LogP contribution in [-0.2, 0) is 4.74 Å². The predicted molar refractivity (Wildman–Crippen MR) is 77.5 cm³/mol. The minimum atomic E-state index is -0.0956. The van der Waals surface area contributed by atoms with Gasteiger partial charge in [-0.25, -0.2) is 4.79 Å². The van der Waals surface area contributed by atoms with E-state index in [1.54, 1.807) is 0 Å². The fraction of sp³-hybridized carbons (Fsp3) is 0.933. The average molecular weight is 360 g/mol. The van der Waals surface area contributed by atoms with Crippen LogP contribution in [0.4, 0.5) is 4.79 Å². The van der Waals surface area contributed by atoms with Crippen LogP contribution < -0.4 is 0 Å². The van der Waals surface area contributed by atoms with E-state index in [2.05, 4.69) is 6.92 Å². The number of ether oxygens (including phenoxy) is 1. The predicted octanol–water partition coefficient (Wildman–Crippen LogP) is 4.41. The minimum Gasteiger partial charge on any atom is -0.451 e. The van der Waals surface area contributed by atoms with E-state index < -0.39 is 0 Å². The SMILES string of the molecule is CCC1(OC(=O)I)CC2CC1C1C3CCC(C3)C21. The molecule has 7 atom stereocenters. The molecule has 0 heterocycles. The summed E-state index contributed by atoms with van der Waals surface area (Å²) in [5.41, 5.74) is -0.0887. The van der Waals surface area contributed by atoms with Crippen LogP contribution in [0.15, 0.2) is 0 Å². The summed E-state index contributed by atoms with van der Waals surface area (Å²) in [5.74, 6) is 5.45. The Kier molecular flexibility index (Phi) is 2.57. The molecule has 0 aliphatic heterocycles. The third-order valence-electron chi connectivity index (χ3n) is 6.78. The van der Waals surface area contributed by atoms with Crippen LogP contribution in [0, 0.1) is 35.5 Å². The van der Waals surface area contributed by atoms with E-state index in [0.29, 0.717) is 5.92 Å². The van der Waals surface area contributed by atoms with E-state index in [9.17, 15) is 4.79 Å². The van der Waals surface area contributed by atoms with Gasteiger partial charge in [0.2, 0.25) is 0 Å². The van der Waals surface area contributed by atoms with Gasteiger partial charge >= 0.3 is 3.98 Å². The van der Waals surface area contributed by atoms with Crippen molar-refractivity contribution in [3.05, 3.63) is 0 Å². The minimum absolute atomic E-state index is 0.0887. The summed E-state index contributed by atoms with van der Waals surface area (Å²) in [5, 5.41) is 0. The molecular formula is C15H21IO2.